The molecule has 2 heterocycles. The molecule has 0 atom stereocenters. The van der Waals surface area contributed by atoms with Gasteiger partial charge in [-0.15, -0.1) is 4.68 Å². The second-order valence-corrected chi connectivity index (χ2v) is 6.38. The Morgan fingerprint density at radius 1 is 0.923 bits per heavy atom. The molecule has 4 rings (SSSR count). The number of quaternary nitrogens is 1. The third kappa shape index (κ3) is 3.36. The summed E-state index contributed by atoms with van der Waals surface area (Å²) in [7, 11) is 0. The van der Waals surface area contributed by atoms with Gasteiger partial charge >= 0.3 is 5.69 Å². The van der Waals surface area contributed by atoms with Crippen LogP contribution in [0.1, 0.15) is 0 Å². The Labute approximate surface area is 149 Å². The number of nitrogens with zero attached hydrogens (tertiary/aromatic N) is 5. The number of anilines is 1. The van der Waals surface area contributed by atoms with Crippen LogP contribution < -0.4 is 15.5 Å². The van der Waals surface area contributed by atoms with Crippen LogP contribution >= 0.6 is 0 Å². The molecule has 1 fully saturated rings. The molecule has 0 amide bonds. The number of tetrazole rings is 1. The van der Waals surface area contributed by atoms with Gasteiger partial charge in [-0.25, -0.2) is 9.18 Å². The molecule has 8 heteroatoms. The van der Waals surface area contributed by atoms with E-state index in [4.69, 9.17) is 0 Å². The summed E-state index contributed by atoms with van der Waals surface area (Å²) < 4.78 is 15.8. The molecule has 1 aliphatic heterocycles. The van der Waals surface area contributed by atoms with Gasteiger partial charge in [0.15, 0.2) is 6.67 Å². The standard InChI is InChI=1S/C18H19FN6O/c19-15-6-8-16(9-7-15)23-12-10-22(11-13-23)14-24-18(26)25(21-20-24)17-4-2-1-3-5-17/h1-9H,10-14H2/p+1. The molecule has 0 unspecified atom stereocenters. The van der Waals surface area contributed by atoms with Gasteiger partial charge in [-0.2, -0.15) is 4.68 Å². The molecular formula is C18H20FN6O+. The fraction of sp³-hybridized carbons (Fsp3) is 0.278. The van der Waals surface area contributed by atoms with E-state index < -0.39 is 0 Å². The van der Waals surface area contributed by atoms with Crippen molar-refractivity contribution in [2.75, 3.05) is 31.1 Å². The highest BCUT2D eigenvalue weighted by Crippen LogP contribution is 2.14. The highest BCUT2D eigenvalue weighted by Gasteiger charge is 2.22. The minimum Gasteiger partial charge on any atom is -0.360 e. The number of para-hydroxylation sites is 1. The fourth-order valence-electron chi connectivity index (χ4n) is 3.21. The molecule has 0 bridgehead atoms. The maximum absolute atomic E-state index is 13.1. The van der Waals surface area contributed by atoms with Gasteiger partial charge in [-0.3, -0.25) is 0 Å². The summed E-state index contributed by atoms with van der Waals surface area (Å²) in [6.07, 6.45) is 0. The fourth-order valence-corrected chi connectivity index (χ4v) is 3.21. The van der Waals surface area contributed by atoms with E-state index in [0.29, 0.717) is 12.4 Å². The zero-order valence-electron chi connectivity index (χ0n) is 14.3. The van der Waals surface area contributed by atoms with Crippen molar-refractivity contribution in [2.45, 2.75) is 6.67 Å². The summed E-state index contributed by atoms with van der Waals surface area (Å²) in [6.45, 7) is 3.94. The maximum atomic E-state index is 13.1. The summed E-state index contributed by atoms with van der Waals surface area (Å²) >= 11 is 0. The van der Waals surface area contributed by atoms with Crippen LogP contribution in [0.4, 0.5) is 10.1 Å². The Morgan fingerprint density at radius 2 is 1.62 bits per heavy atom. The minimum atomic E-state index is -0.232. The number of hydrogen-bond acceptors (Lipinski definition) is 4. The highest BCUT2D eigenvalue weighted by atomic mass is 19.1. The molecule has 1 saturated heterocycles. The number of rotatable bonds is 4. The molecule has 0 spiro atoms. The number of hydrogen-bond donors (Lipinski definition) is 1. The molecule has 7 nitrogen and oxygen atoms in total. The molecule has 0 aliphatic carbocycles. The van der Waals surface area contributed by atoms with Gasteiger partial charge in [0.25, 0.3) is 0 Å². The highest BCUT2D eigenvalue weighted by molar-refractivity contribution is 5.46. The van der Waals surface area contributed by atoms with Crippen molar-refractivity contribution in [2.24, 2.45) is 0 Å². The maximum Gasteiger partial charge on any atom is 0.373 e. The largest absolute Gasteiger partial charge is 0.373 e. The zero-order chi connectivity index (χ0) is 17.9. The lowest BCUT2D eigenvalue weighted by atomic mass is 10.2. The first-order valence-electron chi connectivity index (χ1n) is 8.63. The number of halogens is 1. The molecule has 134 valence electrons. The van der Waals surface area contributed by atoms with Crippen molar-refractivity contribution in [1.82, 2.24) is 19.8 Å². The first-order chi connectivity index (χ1) is 12.7. The van der Waals surface area contributed by atoms with Crippen LogP contribution in [0.3, 0.4) is 0 Å². The van der Waals surface area contributed by atoms with E-state index in [0.717, 1.165) is 31.9 Å². The molecule has 1 aliphatic rings. The normalized spacial score (nSPS) is 15.3. The lowest BCUT2D eigenvalue weighted by molar-refractivity contribution is -0.924. The second kappa shape index (κ2) is 7.09. The van der Waals surface area contributed by atoms with Crippen LogP contribution in [0, 0.1) is 5.82 Å². The van der Waals surface area contributed by atoms with Crippen molar-refractivity contribution < 1.29 is 9.29 Å². The van der Waals surface area contributed by atoms with Gasteiger partial charge in [0.05, 0.1) is 31.9 Å². The first kappa shape index (κ1) is 16.5. The second-order valence-electron chi connectivity index (χ2n) is 6.38. The van der Waals surface area contributed by atoms with E-state index in [-0.39, 0.29) is 11.5 Å². The van der Waals surface area contributed by atoms with E-state index in [2.05, 4.69) is 15.3 Å². The Morgan fingerprint density at radius 3 is 2.31 bits per heavy atom. The van der Waals surface area contributed by atoms with Crippen LogP contribution in [0.2, 0.25) is 0 Å². The van der Waals surface area contributed by atoms with E-state index >= 15 is 0 Å². The lowest BCUT2D eigenvalue weighted by Crippen LogP contribution is -3.14. The van der Waals surface area contributed by atoms with Gasteiger partial charge in [0, 0.05) is 5.69 Å². The smallest absolute Gasteiger partial charge is 0.360 e. The van der Waals surface area contributed by atoms with Crippen LogP contribution in [0.15, 0.2) is 59.4 Å². The van der Waals surface area contributed by atoms with Gasteiger partial charge in [0.1, 0.15) is 5.82 Å². The average molecular weight is 355 g/mol. The zero-order valence-corrected chi connectivity index (χ0v) is 14.3. The summed E-state index contributed by atoms with van der Waals surface area (Å²) in [5, 5.41) is 7.99. The van der Waals surface area contributed by atoms with Gasteiger partial charge in [-0.1, -0.05) is 18.2 Å². The molecule has 0 radical (unpaired) electrons. The number of benzene rings is 2. The van der Waals surface area contributed by atoms with Gasteiger partial charge < -0.3 is 9.80 Å². The van der Waals surface area contributed by atoms with Crippen LogP contribution in [-0.2, 0) is 6.67 Å². The monoisotopic (exact) mass is 355 g/mol. The average Bonchev–Trinajstić information content (AvgIpc) is 3.04. The lowest BCUT2D eigenvalue weighted by Gasteiger charge is -2.33. The van der Waals surface area contributed by atoms with Crippen LogP contribution in [0.5, 0.6) is 0 Å². The predicted molar refractivity (Wildman–Crippen MR) is 94.9 cm³/mol. The SMILES string of the molecule is O=c1n(C[NH+]2CCN(c3ccc(F)cc3)CC2)nnn1-c1ccccc1. The van der Waals surface area contributed by atoms with E-state index in [1.165, 1.54) is 26.4 Å². The van der Waals surface area contributed by atoms with Crippen molar-refractivity contribution in [3.8, 4) is 5.69 Å². The van der Waals surface area contributed by atoms with E-state index in [1.54, 1.807) is 12.1 Å². The quantitative estimate of drug-likeness (QED) is 0.712. The van der Waals surface area contributed by atoms with E-state index in [9.17, 15) is 9.18 Å². The molecule has 0 saturated carbocycles. The van der Waals surface area contributed by atoms with Crippen molar-refractivity contribution >= 4 is 5.69 Å². The third-order valence-electron chi connectivity index (χ3n) is 4.68. The van der Waals surface area contributed by atoms with Gasteiger partial charge in [-0.05, 0) is 46.8 Å². The summed E-state index contributed by atoms with van der Waals surface area (Å²) in [5.74, 6) is -0.223. The molecular weight excluding hydrogens is 335 g/mol. The summed E-state index contributed by atoms with van der Waals surface area (Å²) in [5.41, 5.74) is 1.50. The van der Waals surface area contributed by atoms with Gasteiger partial charge in [0.2, 0.25) is 0 Å². The van der Waals surface area contributed by atoms with E-state index in [1.807, 2.05) is 30.3 Å². The first-order valence-corrected chi connectivity index (χ1v) is 8.63. The molecule has 1 N–H and O–H groups in total. The van der Waals surface area contributed by atoms with Crippen molar-refractivity contribution in [3.63, 3.8) is 0 Å². The molecule has 2 aromatic carbocycles. The van der Waals surface area contributed by atoms with Crippen molar-refractivity contribution in [1.29, 1.82) is 0 Å². The summed E-state index contributed by atoms with van der Waals surface area (Å²) in [4.78, 5) is 16.0. The van der Waals surface area contributed by atoms with Crippen LogP contribution in [-0.4, -0.2) is 46.0 Å². The Hall–Kier alpha value is -3.00. The minimum absolute atomic E-state index is 0.223. The Balaban J connectivity index is 1.40. The molecule has 3 aromatic rings. The number of aromatic nitrogens is 4. The Bertz CT molecular complexity index is 913. The topological polar surface area (TPSA) is 60.4 Å². The van der Waals surface area contributed by atoms with Crippen LogP contribution in [0.25, 0.3) is 5.69 Å². The predicted octanol–water partition coefficient (Wildman–Crippen LogP) is -0.0693. The third-order valence-corrected chi connectivity index (χ3v) is 4.68. The summed E-state index contributed by atoms with van der Waals surface area (Å²) in [6, 6.07) is 15.8. The number of nitrogens with one attached hydrogen (secondary N) is 1. The number of piperazine rings is 1. The molecule has 26 heavy (non-hydrogen) atoms. The van der Waals surface area contributed by atoms with Crippen molar-refractivity contribution in [3.05, 3.63) is 70.9 Å². The Kier molecular flexibility index (Phi) is 4.49. The molecule has 1 aromatic heterocycles.